The minimum absolute atomic E-state index is 0.0569. The first-order valence-electron chi connectivity index (χ1n) is 4.47. The number of nitrogens with one attached hydrogen (secondary N) is 1. The topological polar surface area (TPSA) is 63.2 Å². The zero-order valence-electron chi connectivity index (χ0n) is 7.99. The van der Waals surface area contributed by atoms with Crippen LogP contribution >= 0.6 is 11.6 Å². The summed E-state index contributed by atoms with van der Waals surface area (Å²) in [5.41, 5.74) is 0. The van der Waals surface area contributed by atoms with Crippen molar-refractivity contribution in [3.63, 3.8) is 0 Å². The highest BCUT2D eigenvalue weighted by atomic mass is 35.5. The van der Waals surface area contributed by atoms with Gasteiger partial charge < -0.3 is 5.32 Å². The molecule has 1 saturated carbocycles. The van der Waals surface area contributed by atoms with Crippen molar-refractivity contribution < 1.29 is 13.2 Å². The van der Waals surface area contributed by atoms with Gasteiger partial charge in [-0.25, -0.2) is 8.42 Å². The highest BCUT2D eigenvalue weighted by Gasteiger charge is 2.29. The van der Waals surface area contributed by atoms with Gasteiger partial charge in [0.2, 0.25) is 5.91 Å². The molecule has 6 heteroatoms. The molecule has 82 valence electrons. The van der Waals surface area contributed by atoms with E-state index in [0.29, 0.717) is 12.5 Å². The van der Waals surface area contributed by atoms with Crippen molar-refractivity contribution in [1.82, 2.24) is 5.32 Å². The molecule has 4 nitrogen and oxygen atoms in total. The van der Waals surface area contributed by atoms with Gasteiger partial charge in [0, 0.05) is 12.8 Å². The molecule has 0 aromatic heterocycles. The van der Waals surface area contributed by atoms with Crippen LogP contribution in [0.3, 0.4) is 0 Å². The molecule has 1 amide bonds. The van der Waals surface area contributed by atoms with Gasteiger partial charge in [-0.2, -0.15) is 0 Å². The van der Waals surface area contributed by atoms with Gasteiger partial charge >= 0.3 is 0 Å². The number of amides is 1. The molecule has 1 rings (SSSR count). The fourth-order valence-corrected chi connectivity index (χ4v) is 2.03. The van der Waals surface area contributed by atoms with Crippen LogP contribution in [0.15, 0.2) is 0 Å². The zero-order chi connectivity index (χ0) is 10.8. The Balaban J connectivity index is 2.20. The van der Waals surface area contributed by atoms with E-state index in [0.717, 1.165) is 19.1 Å². The number of carbonyl (C=O) groups excluding carboxylic acids is 1. The largest absolute Gasteiger partial charge is 0.354 e. The highest BCUT2D eigenvalue weighted by molar-refractivity contribution is 7.91. The first kappa shape index (κ1) is 11.8. The maximum absolute atomic E-state index is 11.1. The summed E-state index contributed by atoms with van der Waals surface area (Å²) >= 11 is 5.93. The Morgan fingerprint density at radius 2 is 2.14 bits per heavy atom. The summed E-state index contributed by atoms with van der Waals surface area (Å²) in [4.78, 5) is 11.1. The second-order valence-corrected chi connectivity index (χ2v) is 6.43. The van der Waals surface area contributed by atoms with Gasteiger partial charge in [-0.05, 0) is 18.8 Å². The third kappa shape index (κ3) is 4.81. The normalized spacial score (nSPS) is 19.0. The van der Waals surface area contributed by atoms with Crippen molar-refractivity contribution in [2.75, 3.05) is 18.6 Å². The molecule has 0 radical (unpaired) electrons. The molecule has 0 aromatic rings. The quantitative estimate of drug-likeness (QED) is 0.696. The summed E-state index contributed by atoms with van der Waals surface area (Å²) < 4.78 is 21.5. The van der Waals surface area contributed by atoms with E-state index >= 15 is 0 Å². The monoisotopic (exact) mass is 239 g/mol. The Morgan fingerprint density at radius 1 is 1.57 bits per heavy atom. The maximum atomic E-state index is 11.1. The standard InChI is InChI=1S/C8H14ClNO3S/c1-14(12,13)5-8(11)10-4-7(9)6-2-3-6/h6-7H,2-5H2,1H3,(H,10,11). The Kier molecular flexibility index (Phi) is 3.78. The predicted octanol–water partition coefficient (Wildman–Crippen LogP) is 0.165. The van der Waals surface area contributed by atoms with Crippen molar-refractivity contribution in [2.45, 2.75) is 18.2 Å². The van der Waals surface area contributed by atoms with E-state index < -0.39 is 21.5 Å². The molecule has 1 aliphatic carbocycles. The third-order valence-electron chi connectivity index (χ3n) is 2.02. The Bertz CT molecular complexity index is 311. The van der Waals surface area contributed by atoms with E-state index in [4.69, 9.17) is 11.6 Å². The van der Waals surface area contributed by atoms with Gasteiger partial charge in [0.15, 0.2) is 9.84 Å². The summed E-state index contributed by atoms with van der Waals surface area (Å²) in [6.45, 7) is 0.362. The van der Waals surface area contributed by atoms with Crippen LogP contribution in [0.2, 0.25) is 0 Å². The van der Waals surface area contributed by atoms with Gasteiger partial charge in [0.25, 0.3) is 0 Å². The molecular formula is C8H14ClNO3S. The van der Waals surface area contributed by atoms with Crippen LogP contribution in [-0.2, 0) is 14.6 Å². The van der Waals surface area contributed by atoms with Gasteiger partial charge in [0.05, 0.1) is 5.38 Å². The minimum Gasteiger partial charge on any atom is -0.354 e. The molecule has 1 unspecified atom stereocenters. The number of halogens is 1. The van der Waals surface area contributed by atoms with Crippen LogP contribution in [0.25, 0.3) is 0 Å². The fraction of sp³-hybridized carbons (Fsp3) is 0.875. The van der Waals surface area contributed by atoms with Crippen molar-refractivity contribution in [3.8, 4) is 0 Å². The molecule has 0 saturated heterocycles. The van der Waals surface area contributed by atoms with Gasteiger partial charge in [0.1, 0.15) is 5.75 Å². The van der Waals surface area contributed by atoms with Crippen molar-refractivity contribution in [3.05, 3.63) is 0 Å². The van der Waals surface area contributed by atoms with Crippen molar-refractivity contribution in [1.29, 1.82) is 0 Å². The van der Waals surface area contributed by atoms with Crippen LogP contribution < -0.4 is 5.32 Å². The molecule has 0 aromatic carbocycles. The third-order valence-corrected chi connectivity index (χ3v) is 3.32. The van der Waals surface area contributed by atoms with Crippen LogP contribution in [0.1, 0.15) is 12.8 Å². The van der Waals surface area contributed by atoms with Crippen LogP contribution in [0.4, 0.5) is 0 Å². The molecule has 1 atom stereocenters. The minimum atomic E-state index is -3.23. The summed E-state index contributed by atoms with van der Waals surface area (Å²) in [5, 5.41) is 2.45. The number of alkyl halides is 1. The van der Waals surface area contributed by atoms with Gasteiger partial charge in [-0.3, -0.25) is 4.79 Å². The van der Waals surface area contributed by atoms with E-state index in [9.17, 15) is 13.2 Å². The van der Waals surface area contributed by atoms with Crippen LogP contribution in [0.5, 0.6) is 0 Å². The highest BCUT2D eigenvalue weighted by Crippen LogP contribution is 2.35. The van der Waals surface area contributed by atoms with Crippen LogP contribution in [-0.4, -0.2) is 38.3 Å². The molecule has 0 bridgehead atoms. The van der Waals surface area contributed by atoms with Gasteiger partial charge in [-0.15, -0.1) is 11.6 Å². The van der Waals surface area contributed by atoms with E-state index in [-0.39, 0.29) is 5.38 Å². The van der Waals surface area contributed by atoms with E-state index in [1.165, 1.54) is 0 Å². The average molecular weight is 240 g/mol. The maximum Gasteiger partial charge on any atom is 0.235 e. The second-order valence-electron chi connectivity index (χ2n) is 3.73. The van der Waals surface area contributed by atoms with Gasteiger partial charge in [-0.1, -0.05) is 0 Å². The predicted molar refractivity (Wildman–Crippen MR) is 55.1 cm³/mol. The number of hydrogen-bond donors (Lipinski definition) is 1. The number of carbonyl (C=O) groups is 1. The molecule has 1 N–H and O–H groups in total. The van der Waals surface area contributed by atoms with Crippen LogP contribution in [0, 0.1) is 5.92 Å². The smallest absolute Gasteiger partial charge is 0.235 e. The average Bonchev–Trinajstić information content (AvgIpc) is 2.78. The fourth-order valence-electron chi connectivity index (χ4n) is 1.13. The first-order chi connectivity index (χ1) is 6.38. The lowest BCUT2D eigenvalue weighted by atomic mass is 10.3. The molecule has 0 aliphatic heterocycles. The number of rotatable bonds is 5. The Morgan fingerprint density at radius 3 is 2.57 bits per heavy atom. The lowest BCUT2D eigenvalue weighted by molar-refractivity contribution is -0.118. The number of hydrogen-bond acceptors (Lipinski definition) is 3. The molecule has 14 heavy (non-hydrogen) atoms. The second kappa shape index (κ2) is 4.49. The van der Waals surface area contributed by atoms with E-state index in [2.05, 4.69) is 5.32 Å². The summed E-state index contributed by atoms with van der Waals surface area (Å²) in [6, 6.07) is 0. The van der Waals surface area contributed by atoms with Crippen molar-refractivity contribution >= 4 is 27.3 Å². The van der Waals surface area contributed by atoms with Crippen molar-refractivity contribution in [2.24, 2.45) is 5.92 Å². The molecule has 0 spiro atoms. The molecule has 0 heterocycles. The Labute approximate surface area is 88.9 Å². The summed E-state index contributed by atoms with van der Waals surface area (Å²) in [7, 11) is -3.23. The summed E-state index contributed by atoms with van der Waals surface area (Å²) in [6.07, 6.45) is 3.25. The molecular weight excluding hydrogens is 226 g/mol. The summed E-state index contributed by atoms with van der Waals surface area (Å²) in [5.74, 6) is -0.435. The lowest BCUT2D eigenvalue weighted by Crippen LogP contribution is -2.34. The van der Waals surface area contributed by atoms with E-state index in [1.807, 2.05) is 0 Å². The molecule has 1 fully saturated rings. The van der Waals surface area contributed by atoms with E-state index in [1.54, 1.807) is 0 Å². The number of sulfone groups is 1. The SMILES string of the molecule is CS(=O)(=O)CC(=O)NCC(Cl)C1CC1. The first-order valence-corrected chi connectivity index (χ1v) is 6.96. The Hall–Kier alpha value is -0.290. The zero-order valence-corrected chi connectivity index (χ0v) is 9.57. The lowest BCUT2D eigenvalue weighted by Gasteiger charge is -2.08. The molecule has 1 aliphatic rings.